The lowest BCUT2D eigenvalue weighted by Gasteiger charge is -2.15. The third-order valence-corrected chi connectivity index (χ3v) is 4.25. The van der Waals surface area contributed by atoms with Crippen LogP contribution in [0.1, 0.15) is 23.6 Å². The number of rotatable bonds is 9. The van der Waals surface area contributed by atoms with Crippen LogP contribution in [-0.2, 0) is 13.2 Å². The Balaban J connectivity index is 1.62. The van der Waals surface area contributed by atoms with Gasteiger partial charge >= 0.3 is 0 Å². The van der Waals surface area contributed by atoms with Crippen LogP contribution in [0.5, 0.6) is 11.5 Å². The SMILES string of the molecule is CCOc1cc(CNNc2ccccc2)ccc1OCc1ccccc1C. The topological polar surface area (TPSA) is 42.5 Å². The van der Waals surface area contributed by atoms with E-state index in [-0.39, 0.29) is 0 Å². The zero-order valence-corrected chi connectivity index (χ0v) is 15.9. The van der Waals surface area contributed by atoms with Gasteiger partial charge in [0.05, 0.1) is 6.61 Å². The van der Waals surface area contributed by atoms with Crippen molar-refractivity contribution in [2.45, 2.75) is 27.0 Å². The molecule has 0 aliphatic heterocycles. The maximum absolute atomic E-state index is 6.02. The van der Waals surface area contributed by atoms with Crippen molar-refractivity contribution in [3.05, 3.63) is 89.5 Å². The molecule has 4 heteroatoms. The van der Waals surface area contributed by atoms with Crippen molar-refractivity contribution >= 4 is 5.69 Å². The second-order valence-corrected chi connectivity index (χ2v) is 6.27. The van der Waals surface area contributed by atoms with E-state index in [4.69, 9.17) is 9.47 Å². The Morgan fingerprint density at radius 2 is 1.59 bits per heavy atom. The molecule has 0 aliphatic carbocycles. The summed E-state index contributed by atoms with van der Waals surface area (Å²) < 4.78 is 11.8. The first-order chi connectivity index (χ1) is 13.3. The molecule has 2 N–H and O–H groups in total. The largest absolute Gasteiger partial charge is 0.490 e. The summed E-state index contributed by atoms with van der Waals surface area (Å²) in [6, 6.07) is 24.3. The number of nitrogens with one attached hydrogen (secondary N) is 2. The highest BCUT2D eigenvalue weighted by Crippen LogP contribution is 2.29. The molecule has 0 aliphatic rings. The Morgan fingerprint density at radius 1 is 0.815 bits per heavy atom. The molecular weight excluding hydrogens is 336 g/mol. The third-order valence-electron chi connectivity index (χ3n) is 4.25. The summed E-state index contributed by atoms with van der Waals surface area (Å²) in [6.07, 6.45) is 0. The minimum Gasteiger partial charge on any atom is -0.490 e. The van der Waals surface area contributed by atoms with Crippen molar-refractivity contribution in [3.63, 3.8) is 0 Å². The Morgan fingerprint density at radius 3 is 2.37 bits per heavy atom. The fourth-order valence-electron chi connectivity index (χ4n) is 2.75. The zero-order valence-electron chi connectivity index (χ0n) is 15.9. The average molecular weight is 362 g/mol. The van der Waals surface area contributed by atoms with Crippen LogP contribution in [0.4, 0.5) is 5.69 Å². The van der Waals surface area contributed by atoms with Gasteiger partial charge in [0, 0.05) is 12.2 Å². The van der Waals surface area contributed by atoms with E-state index in [9.17, 15) is 0 Å². The second-order valence-electron chi connectivity index (χ2n) is 6.27. The molecule has 0 unspecified atom stereocenters. The van der Waals surface area contributed by atoms with Gasteiger partial charge < -0.3 is 14.9 Å². The van der Waals surface area contributed by atoms with Crippen LogP contribution in [0.3, 0.4) is 0 Å². The quantitative estimate of drug-likeness (QED) is 0.520. The molecule has 0 radical (unpaired) electrons. The molecule has 0 atom stereocenters. The van der Waals surface area contributed by atoms with Gasteiger partial charge in [-0.3, -0.25) is 0 Å². The standard InChI is InChI=1S/C23H26N2O2/c1-3-26-23-15-19(16-24-25-21-11-5-4-6-12-21)13-14-22(23)27-17-20-10-8-7-9-18(20)2/h4-15,24-25H,3,16-17H2,1-2H3. The maximum Gasteiger partial charge on any atom is 0.161 e. The van der Waals surface area contributed by atoms with Crippen molar-refractivity contribution in [1.82, 2.24) is 5.43 Å². The van der Waals surface area contributed by atoms with Gasteiger partial charge in [-0.1, -0.05) is 48.5 Å². The van der Waals surface area contributed by atoms with Crippen molar-refractivity contribution in [2.24, 2.45) is 0 Å². The van der Waals surface area contributed by atoms with Crippen LogP contribution in [0.25, 0.3) is 0 Å². The number of para-hydroxylation sites is 1. The van der Waals surface area contributed by atoms with E-state index in [1.54, 1.807) is 0 Å². The molecule has 0 saturated heterocycles. The first-order valence-corrected chi connectivity index (χ1v) is 9.23. The highest BCUT2D eigenvalue weighted by molar-refractivity contribution is 5.44. The molecular formula is C23H26N2O2. The maximum atomic E-state index is 6.02. The van der Waals surface area contributed by atoms with Crippen LogP contribution < -0.4 is 20.3 Å². The van der Waals surface area contributed by atoms with Crippen molar-refractivity contribution in [1.29, 1.82) is 0 Å². The molecule has 0 aromatic heterocycles. The normalized spacial score (nSPS) is 10.4. The Labute approximate surface area is 161 Å². The molecule has 0 bridgehead atoms. The van der Waals surface area contributed by atoms with Crippen LogP contribution in [0.15, 0.2) is 72.8 Å². The van der Waals surface area contributed by atoms with E-state index in [1.807, 2.05) is 61.5 Å². The van der Waals surface area contributed by atoms with Crippen LogP contribution in [0.2, 0.25) is 0 Å². The third kappa shape index (κ3) is 5.50. The van der Waals surface area contributed by atoms with E-state index in [0.29, 0.717) is 19.8 Å². The summed E-state index contributed by atoms with van der Waals surface area (Å²) in [5.74, 6) is 1.53. The van der Waals surface area contributed by atoms with E-state index in [2.05, 4.69) is 36.0 Å². The lowest BCUT2D eigenvalue weighted by Crippen LogP contribution is -2.20. The van der Waals surface area contributed by atoms with Crippen LogP contribution in [0, 0.1) is 6.92 Å². The highest BCUT2D eigenvalue weighted by atomic mass is 16.5. The van der Waals surface area contributed by atoms with E-state index in [0.717, 1.165) is 22.7 Å². The first kappa shape index (κ1) is 18.8. The molecule has 0 fully saturated rings. The lowest BCUT2D eigenvalue weighted by molar-refractivity contribution is 0.268. The summed E-state index contributed by atoms with van der Waals surface area (Å²) in [4.78, 5) is 0. The van der Waals surface area contributed by atoms with Gasteiger partial charge in [-0.2, -0.15) is 0 Å². The Kier molecular flexibility index (Phi) is 6.72. The Bertz CT molecular complexity index is 850. The highest BCUT2D eigenvalue weighted by Gasteiger charge is 2.08. The number of hydrazine groups is 1. The van der Waals surface area contributed by atoms with Gasteiger partial charge in [0.25, 0.3) is 0 Å². The summed E-state index contributed by atoms with van der Waals surface area (Å²) in [6.45, 7) is 5.87. The fraction of sp³-hybridized carbons (Fsp3) is 0.217. The minimum atomic E-state index is 0.528. The zero-order chi connectivity index (χ0) is 18.9. The molecule has 0 amide bonds. The van der Waals surface area contributed by atoms with Crippen LogP contribution in [-0.4, -0.2) is 6.61 Å². The van der Waals surface area contributed by atoms with Crippen LogP contribution >= 0.6 is 0 Å². The predicted octanol–water partition coefficient (Wildman–Crippen LogP) is 5.09. The summed E-state index contributed by atoms with van der Waals surface area (Å²) in [7, 11) is 0. The summed E-state index contributed by atoms with van der Waals surface area (Å²) in [5.41, 5.74) is 11.0. The number of hydrogen-bond donors (Lipinski definition) is 2. The van der Waals surface area contributed by atoms with Crippen molar-refractivity contribution in [2.75, 3.05) is 12.0 Å². The van der Waals surface area contributed by atoms with Gasteiger partial charge in [-0.15, -0.1) is 0 Å². The summed E-state index contributed by atoms with van der Waals surface area (Å²) >= 11 is 0. The fourth-order valence-corrected chi connectivity index (χ4v) is 2.75. The number of ether oxygens (including phenoxy) is 2. The van der Waals surface area contributed by atoms with Crippen molar-refractivity contribution in [3.8, 4) is 11.5 Å². The van der Waals surface area contributed by atoms with Gasteiger partial charge in [-0.05, 0) is 54.8 Å². The molecule has 0 spiro atoms. The minimum absolute atomic E-state index is 0.528. The number of hydrogen-bond acceptors (Lipinski definition) is 4. The van der Waals surface area contributed by atoms with E-state index in [1.165, 1.54) is 11.1 Å². The molecule has 4 nitrogen and oxygen atoms in total. The number of aryl methyl sites for hydroxylation is 1. The molecule has 0 saturated carbocycles. The van der Waals surface area contributed by atoms with Gasteiger partial charge in [0.1, 0.15) is 6.61 Å². The summed E-state index contributed by atoms with van der Waals surface area (Å²) in [5, 5.41) is 0. The van der Waals surface area contributed by atoms with Gasteiger partial charge in [0.15, 0.2) is 11.5 Å². The average Bonchev–Trinajstić information content (AvgIpc) is 2.69. The lowest BCUT2D eigenvalue weighted by atomic mass is 10.1. The van der Waals surface area contributed by atoms with E-state index >= 15 is 0 Å². The first-order valence-electron chi connectivity index (χ1n) is 9.23. The number of anilines is 1. The monoisotopic (exact) mass is 362 g/mol. The molecule has 3 aromatic rings. The molecule has 3 aromatic carbocycles. The molecule has 3 rings (SSSR count). The Hall–Kier alpha value is -2.98. The van der Waals surface area contributed by atoms with E-state index < -0.39 is 0 Å². The second kappa shape index (κ2) is 9.64. The molecule has 0 heterocycles. The van der Waals surface area contributed by atoms with Gasteiger partial charge in [0.2, 0.25) is 0 Å². The van der Waals surface area contributed by atoms with Gasteiger partial charge in [-0.25, -0.2) is 5.43 Å². The molecule has 27 heavy (non-hydrogen) atoms. The predicted molar refractivity (Wildman–Crippen MR) is 110 cm³/mol. The smallest absolute Gasteiger partial charge is 0.161 e. The number of benzene rings is 3. The molecule has 140 valence electrons. The van der Waals surface area contributed by atoms with Crippen molar-refractivity contribution < 1.29 is 9.47 Å².